The van der Waals surface area contributed by atoms with Crippen molar-refractivity contribution in [2.24, 2.45) is 0 Å². The quantitative estimate of drug-likeness (QED) is 0.0430. The molecule has 1 atom stereocenters. The molecule has 0 rings (SSSR count). The molecule has 0 bridgehead atoms. The fraction of sp³-hybridized carbons (Fsp3) is 0.780. The van der Waals surface area contributed by atoms with Gasteiger partial charge in [0.2, 0.25) is 0 Å². The Labute approximate surface area is 280 Å². The largest absolute Gasteiger partial charge is 0.457 e. The maximum Gasteiger partial charge on any atom is 0.306 e. The Bertz CT molecular complexity index is 708. The summed E-state index contributed by atoms with van der Waals surface area (Å²) in [7, 11) is 0. The smallest absolute Gasteiger partial charge is 0.306 e. The van der Waals surface area contributed by atoms with E-state index < -0.39 is 6.10 Å². The van der Waals surface area contributed by atoms with E-state index in [9.17, 15) is 9.90 Å². The molecule has 0 aromatic carbocycles. The fourth-order valence-corrected chi connectivity index (χ4v) is 5.32. The SMILES string of the molecule is CC/C=C\C/C=C\C/C=C\C/C=C\CCCCCOCC(CO)OC(=O)CCCCCCCCCCCCCCCCCCC. The molecule has 262 valence electrons. The first-order chi connectivity index (χ1) is 22.2. The Hall–Kier alpha value is -1.65. The van der Waals surface area contributed by atoms with Gasteiger partial charge in [0.25, 0.3) is 0 Å². The number of unbranched alkanes of at least 4 members (excludes halogenated alkanes) is 19. The molecule has 1 unspecified atom stereocenters. The molecular weight excluding hydrogens is 556 g/mol. The number of aliphatic hydroxyl groups excluding tert-OH is 1. The highest BCUT2D eigenvalue weighted by Gasteiger charge is 2.13. The van der Waals surface area contributed by atoms with Crippen molar-refractivity contribution >= 4 is 5.97 Å². The molecule has 0 radical (unpaired) electrons. The van der Waals surface area contributed by atoms with Crippen LogP contribution >= 0.6 is 0 Å². The molecule has 4 heteroatoms. The first kappa shape index (κ1) is 43.4. The normalized spacial score (nSPS) is 12.9. The molecule has 0 spiro atoms. The van der Waals surface area contributed by atoms with Crippen molar-refractivity contribution in [3.63, 3.8) is 0 Å². The Balaban J connectivity index is 3.48. The summed E-state index contributed by atoms with van der Waals surface area (Å²) in [6.45, 7) is 5.17. The molecule has 0 aromatic rings. The van der Waals surface area contributed by atoms with Gasteiger partial charge in [-0.2, -0.15) is 0 Å². The van der Waals surface area contributed by atoms with E-state index in [1.807, 2.05) is 0 Å². The third-order valence-electron chi connectivity index (χ3n) is 8.17. The minimum Gasteiger partial charge on any atom is -0.457 e. The van der Waals surface area contributed by atoms with Crippen LogP contribution in [0.15, 0.2) is 48.6 Å². The fourth-order valence-electron chi connectivity index (χ4n) is 5.32. The molecule has 1 N–H and O–H groups in total. The summed E-state index contributed by atoms with van der Waals surface area (Å²) in [6.07, 6.45) is 48.7. The highest BCUT2D eigenvalue weighted by Crippen LogP contribution is 2.14. The average Bonchev–Trinajstić information content (AvgIpc) is 3.05. The molecular formula is C41H74O4. The number of aliphatic hydroxyl groups is 1. The summed E-state index contributed by atoms with van der Waals surface area (Å²) < 4.78 is 11.1. The van der Waals surface area contributed by atoms with Crippen molar-refractivity contribution < 1.29 is 19.4 Å². The number of rotatable bonds is 35. The Morgan fingerprint density at radius 1 is 0.556 bits per heavy atom. The lowest BCUT2D eigenvalue weighted by atomic mass is 10.0. The van der Waals surface area contributed by atoms with Crippen LogP contribution in [0.2, 0.25) is 0 Å². The van der Waals surface area contributed by atoms with E-state index in [4.69, 9.17) is 9.47 Å². The zero-order valence-corrected chi connectivity index (χ0v) is 29.9. The van der Waals surface area contributed by atoms with Gasteiger partial charge in [0.15, 0.2) is 0 Å². The number of hydrogen-bond acceptors (Lipinski definition) is 4. The van der Waals surface area contributed by atoms with Crippen molar-refractivity contribution in [3.8, 4) is 0 Å². The minimum absolute atomic E-state index is 0.184. The predicted molar refractivity (Wildman–Crippen MR) is 196 cm³/mol. The number of esters is 1. The zero-order valence-electron chi connectivity index (χ0n) is 29.9. The summed E-state index contributed by atoms with van der Waals surface area (Å²) in [6, 6.07) is 0. The molecule has 4 nitrogen and oxygen atoms in total. The molecule has 45 heavy (non-hydrogen) atoms. The lowest BCUT2D eigenvalue weighted by Gasteiger charge is -2.15. The maximum absolute atomic E-state index is 12.2. The van der Waals surface area contributed by atoms with Crippen LogP contribution in [0.4, 0.5) is 0 Å². The topological polar surface area (TPSA) is 55.8 Å². The van der Waals surface area contributed by atoms with Crippen molar-refractivity contribution in [3.05, 3.63) is 48.6 Å². The van der Waals surface area contributed by atoms with Crippen LogP contribution in [0.5, 0.6) is 0 Å². The Morgan fingerprint density at radius 2 is 1.00 bits per heavy atom. The van der Waals surface area contributed by atoms with E-state index in [1.54, 1.807) is 0 Å². The van der Waals surface area contributed by atoms with E-state index >= 15 is 0 Å². The van der Waals surface area contributed by atoms with E-state index in [2.05, 4.69) is 62.5 Å². The summed E-state index contributed by atoms with van der Waals surface area (Å²) in [4.78, 5) is 12.2. The molecule has 0 saturated heterocycles. The van der Waals surface area contributed by atoms with E-state index in [0.29, 0.717) is 13.0 Å². The van der Waals surface area contributed by atoms with Crippen molar-refractivity contribution in [2.75, 3.05) is 19.8 Å². The predicted octanol–water partition coefficient (Wildman–Crippen LogP) is 12.3. The summed E-state index contributed by atoms with van der Waals surface area (Å²) >= 11 is 0. The second-order valence-electron chi connectivity index (χ2n) is 12.6. The van der Waals surface area contributed by atoms with Gasteiger partial charge in [0, 0.05) is 13.0 Å². The second-order valence-corrected chi connectivity index (χ2v) is 12.6. The molecule has 0 amide bonds. The number of ether oxygens (including phenoxy) is 2. The van der Waals surface area contributed by atoms with Gasteiger partial charge in [0.1, 0.15) is 6.10 Å². The monoisotopic (exact) mass is 631 g/mol. The van der Waals surface area contributed by atoms with Crippen LogP contribution in [0.1, 0.15) is 181 Å². The molecule has 0 fully saturated rings. The lowest BCUT2D eigenvalue weighted by molar-refractivity contribution is -0.154. The van der Waals surface area contributed by atoms with Gasteiger partial charge >= 0.3 is 5.97 Å². The third-order valence-corrected chi connectivity index (χ3v) is 8.17. The first-order valence-electron chi connectivity index (χ1n) is 19.2. The van der Waals surface area contributed by atoms with Gasteiger partial charge in [-0.05, 0) is 51.4 Å². The summed E-state index contributed by atoms with van der Waals surface area (Å²) in [5.41, 5.74) is 0. The van der Waals surface area contributed by atoms with Crippen LogP contribution < -0.4 is 0 Å². The number of carbonyl (C=O) groups excluding carboxylic acids is 1. The van der Waals surface area contributed by atoms with E-state index in [0.717, 1.165) is 64.2 Å². The third kappa shape index (κ3) is 36.7. The molecule has 0 aliphatic rings. The van der Waals surface area contributed by atoms with Gasteiger partial charge in [-0.25, -0.2) is 0 Å². The Morgan fingerprint density at radius 3 is 1.49 bits per heavy atom. The van der Waals surface area contributed by atoms with Crippen LogP contribution in [0.3, 0.4) is 0 Å². The maximum atomic E-state index is 12.2. The number of hydrogen-bond donors (Lipinski definition) is 1. The standard InChI is InChI=1S/C41H74O4/c1-3-5-7-9-11-13-15-17-19-21-22-24-26-28-30-32-34-36-41(43)45-40(38-42)39-44-37-35-33-31-29-27-25-23-20-18-16-14-12-10-8-6-4-2/h6,8,12,14,18,20,25,27,40,42H,3-5,7,9-11,13,15-17,19,21-24,26,28-39H2,1-2H3/b8-6-,14-12-,20-18-,27-25-. The molecule has 0 saturated carbocycles. The number of carbonyl (C=O) groups is 1. The summed E-state index contributed by atoms with van der Waals surface area (Å²) in [5, 5.41) is 9.56. The van der Waals surface area contributed by atoms with Gasteiger partial charge in [-0.1, -0.05) is 172 Å². The van der Waals surface area contributed by atoms with Crippen molar-refractivity contribution in [1.82, 2.24) is 0 Å². The average molecular weight is 631 g/mol. The van der Waals surface area contributed by atoms with Crippen LogP contribution in [-0.4, -0.2) is 37.0 Å². The van der Waals surface area contributed by atoms with Gasteiger partial charge < -0.3 is 14.6 Å². The minimum atomic E-state index is -0.548. The lowest BCUT2D eigenvalue weighted by Crippen LogP contribution is -2.27. The Kier molecular flexibility index (Phi) is 37.1. The van der Waals surface area contributed by atoms with Crippen molar-refractivity contribution in [2.45, 2.75) is 187 Å². The summed E-state index contributed by atoms with van der Waals surface area (Å²) in [5.74, 6) is -0.212. The van der Waals surface area contributed by atoms with Gasteiger partial charge in [-0.15, -0.1) is 0 Å². The molecule has 0 aliphatic carbocycles. The van der Waals surface area contributed by atoms with Crippen LogP contribution in [-0.2, 0) is 14.3 Å². The zero-order chi connectivity index (χ0) is 32.7. The van der Waals surface area contributed by atoms with Crippen LogP contribution in [0.25, 0.3) is 0 Å². The first-order valence-corrected chi connectivity index (χ1v) is 19.2. The highest BCUT2D eigenvalue weighted by atomic mass is 16.6. The number of allylic oxidation sites excluding steroid dienone is 8. The molecule has 0 heterocycles. The van der Waals surface area contributed by atoms with Gasteiger partial charge in [0.05, 0.1) is 13.2 Å². The van der Waals surface area contributed by atoms with Gasteiger partial charge in [-0.3, -0.25) is 4.79 Å². The molecule has 0 aromatic heterocycles. The van der Waals surface area contributed by atoms with E-state index in [-0.39, 0.29) is 19.2 Å². The van der Waals surface area contributed by atoms with Crippen molar-refractivity contribution in [1.29, 1.82) is 0 Å². The van der Waals surface area contributed by atoms with Crippen LogP contribution in [0, 0.1) is 0 Å². The molecule has 0 aliphatic heterocycles. The highest BCUT2D eigenvalue weighted by molar-refractivity contribution is 5.69. The van der Waals surface area contributed by atoms with E-state index in [1.165, 1.54) is 96.3 Å². The second kappa shape index (κ2) is 38.5.